The predicted molar refractivity (Wildman–Crippen MR) is 57.5 cm³/mol. The van der Waals surface area contributed by atoms with Crippen molar-refractivity contribution in [2.24, 2.45) is 5.73 Å². The number of allylic oxidation sites excluding steroid dienone is 2. The quantitative estimate of drug-likeness (QED) is 0.614. The van der Waals surface area contributed by atoms with Gasteiger partial charge in [-0.05, 0) is 49.7 Å². The van der Waals surface area contributed by atoms with Crippen molar-refractivity contribution in [3.05, 3.63) is 22.5 Å². The minimum atomic E-state index is 0.584. The molecule has 0 bridgehead atoms. The van der Waals surface area contributed by atoms with E-state index in [-0.39, 0.29) is 0 Å². The topological polar surface area (TPSA) is 38.0 Å². The second-order valence-electron chi connectivity index (χ2n) is 4.69. The molecule has 1 fully saturated rings. The van der Waals surface area contributed by atoms with Crippen LogP contribution in [-0.2, 0) is 0 Å². The van der Waals surface area contributed by atoms with E-state index in [1.807, 2.05) is 0 Å². The van der Waals surface area contributed by atoms with E-state index < -0.39 is 0 Å². The number of nitrogens with two attached hydrogens (primary N) is 1. The van der Waals surface area contributed by atoms with E-state index in [2.05, 4.69) is 5.32 Å². The predicted octanol–water partition coefficient (Wildman–Crippen LogP) is 2.18. The highest BCUT2D eigenvalue weighted by molar-refractivity contribution is 5.45. The Hall–Kier alpha value is -0.920. The lowest BCUT2D eigenvalue weighted by atomic mass is 9.84. The first-order valence-electron chi connectivity index (χ1n) is 5.83. The van der Waals surface area contributed by atoms with Gasteiger partial charge in [-0.2, -0.15) is 0 Å². The molecule has 0 amide bonds. The fourth-order valence-corrected chi connectivity index (χ4v) is 3.10. The lowest BCUT2D eigenvalue weighted by molar-refractivity contribution is 0.468. The van der Waals surface area contributed by atoms with Crippen LogP contribution in [0.3, 0.4) is 0 Å². The van der Waals surface area contributed by atoms with Crippen LogP contribution in [0.2, 0.25) is 0 Å². The molecule has 2 aliphatic carbocycles. The molecule has 3 N–H and O–H groups in total. The monoisotopic (exact) mass is 190 g/mol. The largest absolute Gasteiger partial charge is 0.398 e. The molecule has 1 unspecified atom stereocenters. The summed E-state index contributed by atoms with van der Waals surface area (Å²) in [4.78, 5) is 0. The Bertz CT molecular complexity index is 325. The molecule has 2 heteroatoms. The van der Waals surface area contributed by atoms with Crippen molar-refractivity contribution >= 4 is 0 Å². The molecular formula is C12H18N2. The SMILES string of the molecule is NC1=C2CCCCC2NC2=C1CCC2. The number of hydrogen-bond donors (Lipinski definition) is 2. The molecule has 1 saturated carbocycles. The van der Waals surface area contributed by atoms with Gasteiger partial charge in [-0.15, -0.1) is 0 Å². The summed E-state index contributed by atoms with van der Waals surface area (Å²) in [7, 11) is 0. The maximum Gasteiger partial charge on any atom is 0.0493 e. The fourth-order valence-electron chi connectivity index (χ4n) is 3.10. The van der Waals surface area contributed by atoms with E-state index in [1.165, 1.54) is 61.8 Å². The minimum Gasteiger partial charge on any atom is -0.398 e. The first kappa shape index (κ1) is 8.39. The molecule has 2 nitrogen and oxygen atoms in total. The standard InChI is InChI=1S/C12H18N2/c13-12-8-4-1-2-6-10(8)14-11-7-3-5-9(11)12/h10,14H,1-7,13H2. The van der Waals surface area contributed by atoms with Crippen LogP contribution in [-0.4, -0.2) is 6.04 Å². The molecule has 0 aromatic carbocycles. The third kappa shape index (κ3) is 1.09. The molecule has 1 heterocycles. The number of hydrogen-bond acceptors (Lipinski definition) is 2. The zero-order valence-corrected chi connectivity index (χ0v) is 8.60. The summed E-state index contributed by atoms with van der Waals surface area (Å²) in [5.74, 6) is 0. The third-order valence-corrected chi connectivity index (χ3v) is 3.85. The van der Waals surface area contributed by atoms with E-state index in [0.29, 0.717) is 6.04 Å². The van der Waals surface area contributed by atoms with Crippen LogP contribution < -0.4 is 11.1 Å². The summed E-state index contributed by atoms with van der Waals surface area (Å²) in [5, 5.41) is 3.69. The third-order valence-electron chi connectivity index (χ3n) is 3.85. The molecule has 0 radical (unpaired) electrons. The van der Waals surface area contributed by atoms with Crippen molar-refractivity contribution < 1.29 is 0 Å². The van der Waals surface area contributed by atoms with Gasteiger partial charge in [0, 0.05) is 17.4 Å². The molecule has 1 atom stereocenters. The summed E-state index contributed by atoms with van der Waals surface area (Å²) in [6, 6.07) is 0.584. The van der Waals surface area contributed by atoms with E-state index in [4.69, 9.17) is 5.73 Å². The summed E-state index contributed by atoms with van der Waals surface area (Å²) < 4.78 is 0. The molecule has 76 valence electrons. The van der Waals surface area contributed by atoms with Gasteiger partial charge in [0.2, 0.25) is 0 Å². The van der Waals surface area contributed by atoms with Gasteiger partial charge in [0.1, 0.15) is 0 Å². The smallest absolute Gasteiger partial charge is 0.0493 e. The van der Waals surface area contributed by atoms with E-state index in [1.54, 1.807) is 0 Å². The average molecular weight is 190 g/mol. The Morgan fingerprint density at radius 2 is 2.00 bits per heavy atom. The molecule has 1 aliphatic heterocycles. The maximum atomic E-state index is 6.26. The number of rotatable bonds is 0. The minimum absolute atomic E-state index is 0.584. The molecule has 3 rings (SSSR count). The van der Waals surface area contributed by atoms with Crippen LogP contribution in [0.1, 0.15) is 44.9 Å². The number of nitrogens with one attached hydrogen (secondary N) is 1. The van der Waals surface area contributed by atoms with Crippen molar-refractivity contribution in [2.45, 2.75) is 51.0 Å². The molecular weight excluding hydrogens is 172 g/mol. The Labute approximate surface area is 85.2 Å². The van der Waals surface area contributed by atoms with Gasteiger partial charge in [-0.1, -0.05) is 6.42 Å². The lowest BCUT2D eigenvalue weighted by Gasteiger charge is -2.33. The van der Waals surface area contributed by atoms with Crippen molar-refractivity contribution in [1.29, 1.82) is 0 Å². The van der Waals surface area contributed by atoms with E-state index in [9.17, 15) is 0 Å². The Morgan fingerprint density at radius 1 is 1.07 bits per heavy atom. The van der Waals surface area contributed by atoms with Crippen LogP contribution >= 0.6 is 0 Å². The highest BCUT2D eigenvalue weighted by Crippen LogP contribution is 2.38. The molecule has 0 aromatic rings. The summed E-state index contributed by atoms with van der Waals surface area (Å²) in [6.45, 7) is 0. The van der Waals surface area contributed by atoms with Gasteiger partial charge in [0.15, 0.2) is 0 Å². The summed E-state index contributed by atoms with van der Waals surface area (Å²) in [5.41, 5.74) is 11.8. The lowest BCUT2D eigenvalue weighted by Crippen LogP contribution is -2.38. The van der Waals surface area contributed by atoms with Gasteiger partial charge in [-0.25, -0.2) is 0 Å². The molecule has 14 heavy (non-hydrogen) atoms. The normalized spacial score (nSPS) is 31.3. The molecule has 0 saturated heterocycles. The van der Waals surface area contributed by atoms with Gasteiger partial charge in [-0.3, -0.25) is 0 Å². The number of dihydropyridines is 1. The highest BCUT2D eigenvalue weighted by Gasteiger charge is 2.30. The second-order valence-corrected chi connectivity index (χ2v) is 4.69. The van der Waals surface area contributed by atoms with Gasteiger partial charge in [0.05, 0.1) is 0 Å². The fraction of sp³-hybridized carbons (Fsp3) is 0.667. The zero-order valence-electron chi connectivity index (χ0n) is 8.60. The van der Waals surface area contributed by atoms with Crippen LogP contribution in [0.4, 0.5) is 0 Å². The number of fused-ring (bicyclic) bond motifs is 1. The molecule has 0 aromatic heterocycles. The molecule has 0 spiro atoms. The first-order chi connectivity index (χ1) is 6.86. The van der Waals surface area contributed by atoms with Crippen molar-refractivity contribution in [3.8, 4) is 0 Å². The van der Waals surface area contributed by atoms with E-state index >= 15 is 0 Å². The van der Waals surface area contributed by atoms with Crippen LogP contribution in [0, 0.1) is 0 Å². The maximum absolute atomic E-state index is 6.26. The Kier molecular flexibility index (Phi) is 1.82. The Balaban J connectivity index is 2.00. The first-order valence-corrected chi connectivity index (χ1v) is 5.83. The Morgan fingerprint density at radius 3 is 2.93 bits per heavy atom. The van der Waals surface area contributed by atoms with E-state index in [0.717, 1.165) is 5.70 Å². The van der Waals surface area contributed by atoms with Crippen molar-refractivity contribution in [1.82, 2.24) is 5.32 Å². The van der Waals surface area contributed by atoms with Gasteiger partial charge < -0.3 is 11.1 Å². The second kappa shape index (κ2) is 3.04. The van der Waals surface area contributed by atoms with Crippen molar-refractivity contribution in [3.63, 3.8) is 0 Å². The average Bonchev–Trinajstić information content (AvgIpc) is 2.66. The van der Waals surface area contributed by atoms with Crippen LogP contribution in [0.15, 0.2) is 22.5 Å². The van der Waals surface area contributed by atoms with Gasteiger partial charge >= 0.3 is 0 Å². The van der Waals surface area contributed by atoms with Crippen molar-refractivity contribution in [2.75, 3.05) is 0 Å². The van der Waals surface area contributed by atoms with Crippen LogP contribution in [0.25, 0.3) is 0 Å². The van der Waals surface area contributed by atoms with Crippen LogP contribution in [0.5, 0.6) is 0 Å². The summed E-state index contributed by atoms with van der Waals surface area (Å²) in [6.07, 6.45) is 8.91. The van der Waals surface area contributed by atoms with Gasteiger partial charge in [0.25, 0.3) is 0 Å². The highest BCUT2D eigenvalue weighted by atomic mass is 15.0. The zero-order chi connectivity index (χ0) is 9.54. The summed E-state index contributed by atoms with van der Waals surface area (Å²) >= 11 is 0. The molecule has 3 aliphatic rings.